The number of ether oxygens (including phenoxy) is 1. The molecule has 0 spiro atoms. The summed E-state index contributed by atoms with van der Waals surface area (Å²) >= 11 is 0. The van der Waals surface area contributed by atoms with Gasteiger partial charge < -0.3 is 9.64 Å². The molecule has 2 atom stereocenters. The number of carbonyl (C=O) groups is 1. The number of nitrogens with zero attached hydrogens (tertiary/aromatic N) is 3. The van der Waals surface area contributed by atoms with Crippen LogP contribution in [0.2, 0.25) is 0 Å². The largest absolute Gasteiger partial charge is 0.497 e. The van der Waals surface area contributed by atoms with Gasteiger partial charge in [0, 0.05) is 18.2 Å². The van der Waals surface area contributed by atoms with Crippen LogP contribution in [0, 0.1) is 17.8 Å². The second-order valence-electron chi connectivity index (χ2n) is 11.0. The van der Waals surface area contributed by atoms with Crippen molar-refractivity contribution >= 4 is 5.91 Å². The van der Waals surface area contributed by atoms with Crippen molar-refractivity contribution in [3.8, 4) is 22.7 Å². The van der Waals surface area contributed by atoms with Gasteiger partial charge in [0.2, 0.25) is 0 Å². The number of hydrogen-bond acceptors (Lipinski definition) is 3. The van der Waals surface area contributed by atoms with Crippen molar-refractivity contribution in [1.29, 1.82) is 0 Å². The predicted octanol–water partition coefficient (Wildman–Crippen LogP) is 5.90. The van der Waals surface area contributed by atoms with E-state index in [1.165, 1.54) is 5.56 Å². The van der Waals surface area contributed by atoms with Gasteiger partial charge in [0.15, 0.2) is 0 Å². The van der Waals surface area contributed by atoms with E-state index in [1.807, 2.05) is 47.1 Å². The summed E-state index contributed by atoms with van der Waals surface area (Å²) in [5.41, 5.74) is 4.90. The average molecular weight is 444 g/mol. The van der Waals surface area contributed by atoms with Crippen LogP contribution >= 0.6 is 0 Å². The first-order valence-electron chi connectivity index (χ1n) is 11.8. The predicted molar refractivity (Wildman–Crippen MR) is 131 cm³/mol. The Balaban J connectivity index is 1.56. The summed E-state index contributed by atoms with van der Waals surface area (Å²) in [6.07, 6.45) is 3.30. The monoisotopic (exact) mass is 443 g/mol. The van der Waals surface area contributed by atoms with Crippen molar-refractivity contribution in [2.75, 3.05) is 13.7 Å². The summed E-state index contributed by atoms with van der Waals surface area (Å²) in [5.74, 6) is 0.877. The van der Waals surface area contributed by atoms with Crippen molar-refractivity contribution in [1.82, 2.24) is 14.7 Å². The summed E-state index contributed by atoms with van der Waals surface area (Å²) in [6.45, 7) is 9.90. The molecular formula is C28H33N3O2. The number of likely N-dealkylation sites (tertiary alicyclic amines) is 1. The molecule has 2 bridgehead atoms. The highest BCUT2D eigenvalue weighted by atomic mass is 16.5. The van der Waals surface area contributed by atoms with E-state index in [4.69, 9.17) is 9.84 Å². The van der Waals surface area contributed by atoms with E-state index >= 15 is 0 Å². The van der Waals surface area contributed by atoms with Crippen LogP contribution in [-0.2, 0) is 0 Å². The van der Waals surface area contributed by atoms with Gasteiger partial charge >= 0.3 is 0 Å². The lowest BCUT2D eigenvalue weighted by molar-refractivity contribution is 0.0699. The van der Waals surface area contributed by atoms with Crippen molar-refractivity contribution in [2.24, 2.45) is 10.8 Å². The number of amides is 1. The smallest absolute Gasteiger partial charge is 0.272 e. The Bertz CT molecular complexity index is 1180. The Morgan fingerprint density at radius 1 is 1.03 bits per heavy atom. The third-order valence-electron chi connectivity index (χ3n) is 7.27. The summed E-state index contributed by atoms with van der Waals surface area (Å²) in [7, 11) is 1.66. The molecule has 1 saturated carbocycles. The molecule has 1 amide bonds. The summed E-state index contributed by atoms with van der Waals surface area (Å²) in [4.78, 5) is 16.1. The summed E-state index contributed by atoms with van der Waals surface area (Å²) in [5, 5.41) is 4.89. The van der Waals surface area contributed by atoms with Gasteiger partial charge in [0.05, 0.1) is 18.5 Å². The Hall–Kier alpha value is -3.08. The van der Waals surface area contributed by atoms with Crippen LogP contribution in [0.5, 0.6) is 5.75 Å². The van der Waals surface area contributed by atoms with E-state index in [1.54, 1.807) is 7.11 Å². The maximum Gasteiger partial charge on any atom is 0.272 e. The molecule has 5 nitrogen and oxygen atoms in total. The fourth-order valence-electron chi connectivity index (χ4n) is 6.16. The zero-order chi connectivity index (χ0) is 23.4. The van der Waals surface area contributed by atoms with Gasteiger partial charge in [-0.25, -0.2) is 4.68 Å². The van der Waals surface area contributed by atoms with Crippen molar-refractivity contribution in [3.05, 3.63) is 65.9 Å². The van der Waals surface area contributed by atoms with Gasteiger partial charge in [0.25, 0.3) is 5.91 Å². The van der Waals surface area contributed by atoms with Crippen LogP contribution in [0.3, 0.4) is 0 Å². The third kappa shape index (κ3) is 4.05. The van der Waals surface area contributed by atoms with Crippen LogP contribution in [0.25, 0.3) is 16.9 Å². The number of aromatic nitrogens is 2. The molecular weight excluding hydrogens is 410 g/mol. The van der Waals surface area contributed by atoms with E-state index in [0.29, 0.717) is 5.69 Å². The second kappa shape index (κ2) is 7.75. The number of rotatable bonds is 4. The van der Waals surface area contributed by atoms with Gasteiger partial charge in [0.1, 0.15) is 11.4 Å². The lowest BCUT2D eigenvalue weighted by atomic mass is 9.65. The standard InChI is InChI=1S/C28H33N3O2/c1-19-6-10-21(11-7-19)31-25(14-24(29-31)20-8-12-23(33-5)13-9-20)26(32)30-18-28(4)16-22(30)15-27(2,3)17-28/h6-14,22H,15-18H2,1-5H3. The SMILES string of the molecule is COc1ccc(-c2cc(C(=O)N3CC4(C)CC3CC(C)(C)C4)n(-c3ccc(C)cc3)n2)cc1. The van der Waals surface area contributed by atoms with E-state index in [0.717, 1.165) is 48.5 Å². The Kier molecular flexibility index (Phi) is 5.11. The van der Waals surface area contributed by atoms with Gasteiger partial charge in [-0.05, 0) is 79.5 Å². The molecule has 1 aliphatic carbocycles. The van der Waals surface area contributed by atoms with Crippen molar-refractivity contribution in [2.45, 2.75) is 53.0 Å². The topological polar surface area (TPSA) is 47.4 Å². The van der Waals surface area contributed by atoms with Gasteiger partial charge in [-0.3, -0.25) is 4.79 Å². The van der Waals surface area contributed by atoms with Gasteiger partial charge in [-0.2, -0.15) is 5.10 Å². The lowest BCUT2D eigenvalue weighted by Crippen LogP contribution is -2.38. The minimum atomic E-state index is 0.0780. The molecule has 33 heavy (non-hydrogen) atoms. The number of fused-ring (bicyclic) bond motifs is 2. The van der Waals surface area contributed by atoms with Crippen molar-refractivity contribution in [3.63, 3.8) is 0 Å². The highest BCUT2D eigenvalue weighted by molar-refractivity contribution is 5.95. The quantitative estimate of drug-likeness (QED) is 0.505. The van der Waals surface area contributed by atoms with Crippen LogP contribution in [0.15, 0.2) is 54.6 Å². The lowest BCUT2D eigenvalue weighted by Gasteiger charge is -2.39. The molecule has 1 aromatic heterocycles. The normalized spacial score (nSPS) is 23.5. The number of hydrogen-bond donors (Lipinski definition) is 0. The molecule has 5 rings (SSSR count). The first-order chi connectivity index (χ1) is 15.7. The van der Waals surface area contributed by atoms with Crippen LogP contribution in [0.4, 0.5) is 0 Å². The fraction of sp³-hybridized carbons (Fsp3) is 0.429. The summed E-state index contributed by atoms with van der Waals surface area (Å²) in [6, 6.07) is 18.2. The summed E-state index contributed by atoms with van der Waals surface area (Å²) < 4.78 is 7.12. The van der Waals surface area contributed by atoms with Gasteiger partial charge in [-0.1, -0.05) is 38.5 Å². The van der Waals surface area contributed by atoms with E-state index in [2.05, 4.69) is 44.7 Å². The maximum absolute atomic E-state index is 14.0. The Morgan fingerprint density at radius 2 is 1.73 bits per heavy atom. The second-order valence-corrected chi connectivity index (χ2v) is 11.0. The Morgan fingerprint density at radius 3 is 2.39 bits per heavy atom. The fourth-order valence-corrected chi connectivity index (χ4v) is 6.16. The molecule has 3 aromatic rings. The molecule has 2 heterocycles. The molecule has 2 fully saturated rings. The maximum atomic E-state index is 14.0. The molecule has 0 N–H and O–H groups in total. The minimum Gasteiger partial charge on any atom is -0.497 e. The minimum absolute atomic E-state index is 0.0780. The zero-order valence-electron chi connectivity index (χ0n) is 20.3. The van der Waals surface area contributed by atoms with Crippen molar-refractivity contribution < 1.29 is 9.53 Å². The molecule has 2 aromatic carbocycles. The van der Waals surface area contributed by atoms with E-state index < -0.39 is 0 Å². The highest BCUT2D eigenvalue weighted by Crippen LogP contribution is 2.52. The number of aryl methyl sites for hydroxylation is 1. The average Bonchev–Trinajstić information content (AvgIpc) is 3.32. The molecule has 5 heteroatoms. The third-order valence-corrected chi connectivity index (χ3v) is 7.27. The molecule has 172 valence electrons. The first kappa shape index (κ1) is 21.7. The Labute approximate surface area is 196 Å². The molecule has 1 aliphatic heterocycles. The highest BCUT2D eigenvalue weighted by Gasteiger charge is 2.51. The zero-order valence-corrected chi connectivity index (χ0v) is 20.3. The van der Waals surface area contributed by atoms with E-state index in [9.17, 15) is 4.79 Å². The van der Waals surface area contributed by atoms with Crippen LogP contribution in [0.1, 0.15) is 56.1 Å². The van der Waals surface area contributed by atoms with Gasteiger partial charge in [-0.15, -0.1) is 0 Å². The van der Waals surface area contributed by atoms with Crippen LogP contribution < -0.4 is 4.74 Å². The molecule has 2 unspecified atom stereocenters. The number of carbonyl (C=O) groups excluding carboxylic acids is 1. The van der Waals surface area contributed by atoms with E-state index in [-0.39, 0.29) is 22.8 Å². The molecule has 2 aliphatic rings. The van der Waals surface area contributed by atoms with Crippen LogP contribution in [-0.4, -0.2) is 40.3 Å². The number of benzene rings is 2. The molecule has 1 saturated heterocycles. The molecule has 0 radical (unpaired) electrons. The first-order valence-corrected chi connectivity index (χ1v) is 11.8. The number of methoxy groups -OCH3 is 1.